The monoisotopic (exact) mass is 463 g/mol. The first-order chi connectivity index (χ1) is 15.9. The number of para-hydroxylation sites is 3. The SMILES string of the molecule is CCn1c2ccccc2c2cc(NC(=O)[C@H]3CN(S(=O)(=O)CC)c4ccccc4O3)ccc21. The van der Waals surface area contributed by atoms with Gasteiger partial charge in [-0.05, 0) is 50.2 Å². The number of aromatic nitrogens is 1. The molecule has 0 radical (unpaired) electrons. The molecule has 1 N–H and O–H groups in total. The predicted octanol–water partition coefficient (Wildman–Crippen LogP) is 4.37. The van der Waals surface area contributed by atoms with Gasteiger partial charge in [0.05, 0.1) is 18.0 Å². The molecule has 0 spiro atoms. The van der Waals surface area contributed by atoms with Crippen molar-refractivity contribution in [2.24, 2.45) is 0 Å². The van der Waals surface area contributed by atoms with Crippen LogP contribution in [0.3, 0.4) is 0 Å². The zero-order valence-corrected chi connectivity index (χ0v) is 19.3. The number of nitrogens with one attached hydrogen (secondary N) is 1. The molecule has 1 aliphatic rings. The maximum Gasteiger partial charge on any atom is 0.267 e. The van der Waals surface area contributed by atoms with Gasteiger partial charge in [0.25, 0.3) is 5.91 Å². The minimum absolute atomic E-state index is 0.0617. The first-order valence-electron chi connectivity index (χ1n) is 11.0. The van der Waals surface area contributed by atoms with Crippen LogP contribution in [0.5, 0.6) is 5.75 Å². The van der Waals surface area contributed by atoms with Crippen molar-refractivity contribution in [1.29, 1.82) is 0 Å². The van der Waals surface area contributed by atoms with Gasteiger partial charge in [0, 0.05) is 34.0 Å². The third-order valence-electron chi connectivity index (χ3n) is 6.08. The van der Waals surface area contributed by atoms with E-state index in [-0.39, 0.29) is 18.2 Å². The lowest BCUT2D eigenvalue weighted by atomic mass is 10.1. The molecule has 0 fully saturated rings. The second-order valence-corrected chi connectivity index (χ2v) is 10.2. The minimum atomic E-state index is -3.56. The Bertz CT molecular complexity index is 1480. The van der Waals surface area contributed by atoms with E-state index >= 15 is 0 Å². The van der Waals surface area contributed by atoms with Gasteiger partial charge in [-0.15, -0.1) is 0 Å². The van der Waals surface area contributed by atoms with Gasteiger partial charge in [0.2, 0.25) is 10.0 Å². The van der Waals surface area contributed by atoms with Crippen LogP contribution in [0.1, 0.15) is 13.8 Å². The number of hydrogen-bond acceptors (Lipinski definition) is 4. The summed E-state index contributed by atoms with van der Waals surface area (Å²) in [5, 5.41) is 5.09. The Labute approximate surface area is 192 Å². The first kappa shape index (κ1) is 21.3. The summed E-state index contributed by atoms with van der Waals surface area (Å²) in [6, 6.07) is 20.9. The van der Waals surface area contributed by atoms with E-state index in [0.717, 1.165) is 28.4 Å². The Kier molecular flexibility index (Phi) is 5.25. The van der Waals surface area contributed by atoms with Gasteiger partial charge in [-0.2, -0.15) is 0 Å². The molecule has 7 nitrogen and oxygen atoms in total. The number of hydrogen-bond donors (Lipinski definition) is 1. The van der Waals surface area contributed by atoms with Crippen LogP contribution in [0.25, 0.3) is 21.8 Å². The Morgan fingerprint density at radius 1 is 1.00 bits per heavy atom. The summed E-state index contributed by atoms with van der Waals surface area (Å²) in [5.74, 6) is -0.0739. The molecule has 170 valence electrons. The highest BCUT2D eigenvalue weighted by Gasteiger charge is 2.36. The fourth-order valence-electron chi connectivity index (χ4n) is 4.45. The van der Waals surface area contributed by atoms with Crippen LogP contribution in [-0.4, -0.2) is 37.3 Å². The molecule has 5 rings (SSSR count). The van der Waals surface area contributed by atoms with Crippen molar-refractivity contribution in [3.05, 3.63) is 66.7 Å². The summed E-state index contributed by atoms with van der Waals surface area (Å²) in [7, 11) is -3.56. The molecule has 2 heterocycles. The van der Waals surface area contributed by atoms with Crippen molar-refractivity contribution in [3.63, 3.8) is 0 Å². The number of anilines is 2. The summed E-state index contributed by atoms with van der Waals surface area (Å²) in [6.07, 6.45) is -0.964. The largest absolute Gasteiger partial charge is 0.476 e. The Morgan fingerprint density at radius 3 is 2.52 bits per heavy atom. The summed E-state index contributed by atoms with van der Waals surface area (Å²) in [4.78, 5) is 13.1. The second kappa shape index (κ2) is 8.12. The van der Waals surface area contributed by atoms with Gasteiger partial charge < -0.3 is 14.6 Å². The lowest BCUT2D eigenvalue weighted by Crippen LogP contribution is -2.49. The summed E-state index contributed by atoms with van der Waals surface area (Å²) < 4.78 is 34.8. The molecule has 0 saturated carbocycles. The average Bonchev–Trinajstić information content (AvgIpc) is 3.16. The molecule has 0 saturated heterocycles. The Morgan fingerprint density at radius 2 is 1.73 bits per heavy atom. The zero-order chi connectivity index (χ0) is 23.2. The zero-order valence-electron chi connectivity index (χ0n) is 18.5. The first-order valence-corrected chi connectivity index (χ1v) is 12.6. The van der Waals surface area contributed by atoms with Crippen LogP contribution in [0.4, 0.5) is 11.4 Å². The van der Waals surface area contributed by atoms with Gasteiger partial charge in [-0.3, -0.25) is 9.10 Å². The van der Waals surface area contributed by atoms with Gasteiger partial charge in [-0.1, -0.05) is 30.3 Å². The molecular weight excluding hydrogens is 438 g/mol. The topological polar surface area (TPSA) is 80.6 Å². The van der Waals surface area contributed by atoms with Crippen LogP contribution in [0, 0.1) is 0 Å². The average molecular weight is 464 g/mol. The number of carbonyl (C=O) groups is 1. The fraction of sp³-hybridized carbons (Fsp3) is 0.240. The van der Waals surface area contributed by atoms with E-state index in [0.29, 0.717) is 17.1 Å². The molecule has 1 atom stereocenters. The maximum atomic E-state index is 13.1. The van der Waals surface area contributed by atoms with Gasteiger partial charge in [0.1, 0.15) is 5.75 Å². The third kappa shape index (κ3) is 3.60. The molecule has 0 bridgehead atoms. The van der Waals surface area contributed by atoms with Crippen molar-refractivity contribution in [3.8, 4) is 5.75 Å². The van der Waals surface area contributed by atoms with Crippen LogP contribution in [0.2, 0.25) is 0 Å². The minimum Gasteiger partial charge on any atom is -0.476 e. The van der Waals surface area contributed by atoms with E-state index in [4.69, 9.17) is 4.74 Å². The smallest absolute Gasteiger partial charge is 0.267 e. The highest BCUT2D eigenvalue weighted by atomic mass is 32.2. The van der Waals surface area contributed by atoms with Gasteiger partial charge in [-0.25, -0.2) is 8.42 Å². The van der Waals surface area contributed by atoms with Crippen LogP contribution in [-0.2, 0) is 21.4 Å². The van der Waals surface area contributed by atoms with Crippen molar-refractivity contribution in [2.75, 3.05) is 21.9 Å². The quantitative estimate of drug-likeness (QED) is 0.477. The van der Waals surface area contributed by atoms with Crippen molar-refractivity contribution >= 4 is 49.1 Å². The van der Waals surface area contributed by atoms with E-state index in [2.05, 4.69) is 28.9 Å². The molecule has 0 unspecified atom stereocenters. The van der Waals surface area contributed by atoms with E-state index in [1.807, 2.05) is 30.3 Å². The molecule has 33 heavy (non-hydrogen) atoms. The maximum absolute atomic E-state index is 13.1. The van der Waals surface area contributed by atoms with E-state index in [9.17, 15) is 13.2 Å². The number of amides is 1. The highest BCUT2D eigenvalue weighted by molar-refractivity contribution is 7.92. The Hall–Kier alpha value is -3.52. The van der Waals surface area contributed by atoms with Gasteiger partial charge >= 0.3 is 0 Å². The third-order valence-corrected chi connectivity index (χ3v) is 7.83. The molecule has 0 aliphatic carbocycles. The standard InChI is InChI=1S/C25H25N3O4S/c1-3-27-20-10-6-5-9-18(20)19-15-17(13-14-21(19)27)26-25(29)24-16-28(33(30,31)4-2)22-11-7-8-12-23(22)32-24/h5-15,24H,3-4,16H2,1-2H3,(H,26,29)/t24-/m1/s1. The summed E-state index contributed by atoms with van der Waals surface area (Å²) in [5.41, 5.74) is 3.34. The molecule has 1 aromatic heterocycles. The Balaban J connectivity index is 1.47. The lowest BCUT2D eigenvalue weighted by molar-refractivity contribution is -0.122. The summed E-state index contributed by atoms with van der Waals surface area (Å²) >= 11 is 0. The number of rotatable bonds is 5. The molecular formula is C25H25N3O4S. The van der Waals surface area contributed by atoms with E-state index < -0.39 is 16.1 Å². The lowest BCUT2D eigenvalue weighted by Gasteiger charge is -2.34. The second-order valence-electron chi connectivity index (χ2n) is 7.99. The predicted molar refractivity (Wildman–Crippen MR) is 131 cm³/mol. The molecule has 3 aromatic carbocycles. The van der Waals surface area contributed by atoms with Crippen molar-refractivity contribution in [2.45, 2.75) is 26.5 Å². The number of nitrogens with zero attached hydrogens (tertiary/aromatic N) is 2. The number of aryl methyl sites for hydroxylation is 1. The van der Waals surface area contributed by atoms with E-state index in [1.54, 1.807) is 31.2 Å². The number of fused-ring (bicyclic) bond motifs is 4. The normalized spacial score (nSPS) is 15.9. The summed E-state index contributed by atoms with van der Waals surface area (Å²) in [6.45, 7) is 4.46. The number of sulfonamides is 1. The number of ether oxygens (including phenoxy) is 1. The fourth-order valence-corrected chi connectivity index (χ4v) is 5.58. The molecule has 8 heteroatoms. The molecule has 1 aliphatic heterocycles. The van der Waals surface area contributed by atoms with Gasteiger partial charge in [0.15, 0.2) is 6.10 Å². The van der Waals surface area contributed by atoms with Crippen LogP contribution < -0.4 is 14.4 Å². The van der Waals surface area contributed by atoms with Crippen LogP contribution >= 0.6 is 0 Å². The van der Waals surface area contributed by atoms with E-state index in [1.165, 1.54) is 4.31 Å². The van der Waals surface area contributed by atoms with Crippen molar-refractivity contribution < 1.29 is 17.9 Å². The number of carbonyl (C=O) groups excluding carboxylic acids is 1. The number of benzene rings is 3. The highest BCUT2D eigenvalue weighted by Crippen LogP contribution is 2.36. The molecule has 4 aromatic rings. The van der Waals surface area contributed by atoms with Crippen LogP contribution in [0.15, 0.2) is 66.7 Å². The molecule has 1 amide bonds. The van der Waals surface area contributed by atoms with Crippen molar-refractivity contribution in [1.82, 2.24) is 4.57 Å².